The second-order valence-corrected chi connectivity index (χ2v) is 5.70. The number of carbonyl (C=O) groups is 2. The molecule has 0 aliphatic carbocycles. The Bertz CT molecular complexity index is 533. The van der Waals surface area contributed by atoms with Crippen LogP contribution in [0.3, 0.4) is 0 Å². The van der Waals surface area contributed by atoms with Crippen LogP contribution in [0.15, 0.2) is 24.3 Å². The summed E-state index contributed by atoms with van der Waals surface area (Å²) in [5.41, 5.74) is 0.583. The van der Waals surface area contributed by atoms with Gasteiger partial charge in [0.05, 0.1) is 12.5 Å². The summed E-state index contributed by atoms with van der Waals surface area (Å²) < 4.78 is 17.9. The van der Waals surface area contributed by atoms with Crippen LogP contribution in [0.4, 0.5) is 10.1 Å². The average Bonchev–Trinajstić information content (AvgIpc) is 2.56. The number of piperidine rings is 1. The topological polar surface area (TPSA) is 58.6 Å². The van der Waals surface area contributed by atoms with E-state index in [9.17, 15) is 14.0 Å². The lowest BCUT2D eigenvalue weighted by Gasteiger charge is -2.31. The van der Waals surface area contributed by atoms with E-state index in [0.717, 1.165) is 19.4 Å². The fourth-order valence-corrected chi connectivity index (χ4v) is 2.73. The molecule has 126 valence electrons. The first kappa shape index (κ1) is 17.4. The molecule has 0 bridgehead atoms. The highest BCUT2D eigenvalue weighted by Crippen LogP contribution is 2.18. The lowest BCUT2D eigenvalue weighted by atomic mass is 9.98. The first-order valence-electron chi connectivity index (χ1n) is 8.03. The third-order valence-electron chi connectivity index (χ3n) is 3.91. The van der Waals surface area contributed by atoms with Gasteiger partial charge in [0.25, 0.3) is 0 Å². The Balaban J connectivity index is 1.75. The number of rotatable bonds is 6. The van der Waals surface area contributed by atoms with Gasteiger partial charge in [-0.15, -0.1) is 0 Å². The molecule has 23 heavy (non-hydrogen) atoms. The van der Waals surface area contributed by atoms with Gasteiger partial charge in [-0.25, -0.2) is 4.39 Å². The summed E-state index contributed by atoms with van der Waals surface area (Å²) in [6.45, 7) is 4.33. The van der Waals surface area contributed by atoms with Crippen molar-refractivity contribution >= 4 is 17.6 Å². The summed E-state index contributed by atoms with van der Waals surface area (Å²) in [6, 6.07) is 5.68. The minimum atomic E-state index is -0.332. The molecular formula is C17H23FN2O3. The second kappa shape index (κ2) is 8.62. The summed E-state index contributed by atoms with van der Waals surface area (Å²) in [7, 11) is 0. The molecule has 0 spiro atoms. The van der Waals surface area contributed by atoms with E-state index in [-0.39, 0.29) is 23.6 Å². The lowest BCUT2D eigenvalue weighted by molar-refractivity contribution is -0.149. The number of nitrogens with one attached hydrogen (secondary N) is 1. The van der Waals surface area contributed by atoms with E-state index in [1.807, 2.05) is 0 Å². The molecule has 5 nitrogen and oxygen atoms in total. The van der Waals surface area contributed by atoms with Crippen LogP contribution in [0.25, 0.3) is 0 Å². The third-order valence-corrected chi connectivity index (χ3v) is 3.91. The Hall–Kier alpha value is -1.95. The molecule has 1 aromatic rings. The summed E-state index contributed by atoms with van der Waals surface area (Å²) in [5.74, 6) is -0.687. The molecule has 1 N–H and O–H groups in total. The average molecular weight is 322 g/mol. The van der Waals surface area contributed by atoms with Crippen LogP contribution in [0.5, 0.6) is 0 Å². The van der Waals surface area contributed by atoms with Crippen molar-refractivity contribution in [2.24, 2.45) is 5.92 Å². The predicted molar refractivity (Wildman–Crippen MR) is 85.4 cm³/mol. The van der Waals surface area contributed by atoms with Crippen molar-refractivity contribution in [1.82, 2.24) is 4.90 Å². The van der Waals surface area contributed by atoms with E-state index in [0.29, 0.717) is 31.8 Å². The molecule has 1 aliphatic heterocycles. The second-order valence-electron chi connectivity index (χ2n) is 5.70. The van der Waals surface area contributed by atoms with E-state index in [2.05, 4.69) is 10.2 Å². The van der Waals surface area contributed by atoms with Gasteiger partial charge in [0.1, 0.15) is 5.82 Å². The maximum Gasteiger partial charge on any atom is 0.310 e. The lowest BCUT2D eigenvalue weighted by Crippen LogP contribution is -2.40. The quantitative estimate of drug-likeness (QED) is 0.817. The number of ether oxygens (including phenoxy) is 1. The van der Waals surface area contributed by atoms with Gasteiger partial charge in [0.15, 0.2) is 0 Å². The molecule has 1 amide bonds. The number of hydrogen-bond acceptors (Lipinski definition) is 4. The number of halogens is 1. The van der Waals surface area contributed by atoms with E-state index in [1.165, 1.54) is 24.3 Å². The molecule has 1 heterocycles. The molecule has 0 aromatic heterocycles. The Morgan fingerprint density at radius 1 is 1.35 bits per heavy atom. The number of benzene rings is 1. The largest absolute Gasteiger partial charge is 0.466 e. The molecular weight excluding hydrogens is 299 g/mol. The number of nitrogens with zero attached hydrogens (tertiary/aromatic N) is 1. The van der Waals surface area contributed by atoms with Crippen LogP contribution < -0.4 is 5.32 Å². The van der Waals surface area contributed by atoms with Gasteiger partial charge in [-0.2, -0.15) is 0 Å². The highest BCUT2D eigenvalue weighted by Gasteiger charge is 2.26. The molecule has 1 fully saturated rings. The Kier molecular flexibility index (Phi) is 6.52. The van der Waals surface area contributed by atoms with Crippen molar-refractivity contribution in [3.05, 3.63) is 30.1 Å². The maximum atomic E-state index is 12.8. The van der Waals surface area contributed by atoms with Crippen molar-refractivity contribution in [3.8, 4) is 0 Å². The van der Waals surface area contributed by atoms with Gasteiger partial charge in [-0.3, -0.25) is 9.59 Å². The van der Waals surface area contributed by atoms with Crippen LogP contribution in [-0.4, -0.2) is 43.0 Å². The molecule has 6 heteroatoms. The number of anilines is 1. The summed E-state index contributed by atoms with van der Waals surface area (Å²) in [6.07, 6.45) is 2.12. The van der Waals surface area contributed by atoms with Crippen LogP contribution in [0.1, 0.15) is 26.2 Å². The smallest absolute Gasteiger partial charge is 0.310 e. The zero-order valence-corrected chi connectivity index (χ0v) is 13.4. The molecule has 0 saturated carbocycles. The van der Waals surface area contributed by atoms with E-state index >= 15 is 0 Å². The van der Waals surface area contributed by atoms with Gasteiger partial charge < -0.3 is 15.0 Å². The van der Waals surface area contributed by atoms with Crippen LogP contribution in [0, 0.1) is 11.7 Å². The zero-order chi connectivity index (χ0) is 16.7. The predicted octanol–water partition coefficient (Wildman–Crippen LogP) is 2.43. The fraction of sp³-hybridized carbons (Fsp3) is 0.529. The maximum absolute atomic E-state index is 12.8. The summed E-state index contributed by atoms with van der Waals surface area (Å²) in [5, 5.41) is 2.74. The normalized spacial score (nSPS) is 18.4. The minimum Gasteiger partial charge on any atom is -0.466 e. The number of esters is 1. The Labute approximate surface area is 135 Å². The fourth-order valence-electron chi connectivity index (χ4n) is 2.73. The summed E-state index contributed by atoms with van der Waals surface area (Å²) >= 11 is 0. The van der Waals surface area contributed by atoms with Crippen LogP contribution in [0.2, 0.25) is 0 Å². The van der Waals surface area contributed by atoms with Gasteiger partial charge in [-0.05, 0) is 50.6 Å². The molecule has 1 aromatic carbocycles. The number of likely N-dealkylation sites (tertiary alicyclic amines) is 1. The highest BCUT2D eigenvalue weighted by atomic mass is 19.1. The van der Waals surface area contributed by atoms with Gasteiger partial charge in [0, 0.05) is 25.2 Å². The SMILES string of the molecule is CCOC(=O)C1CCCN(CCC(=O)Nc2ccc(F)cc2)C1. The van der Waals surface area contributed by atoms with Crippen LogP contribution in [-0.2, 0) is 14.3 Å². The van der Waals surface area contributed by atoms with Crippen molar-refractivity contribution in [2.45, 2.75) is 26.2 Å². The van der Waals surface area contributed by atoms with Gasteiger partial charge >= 0.3 is 5.97 Å². The molecule has 1 saturated heterocycles. The number of amides is 1. The number of hydrogen-bond donors (Lipinski definition) is 1. The first-order chi connectivity index (χ1) is 11.1. The van der Waals surface area contributed by atoms with Crippen molar-refractivity contribution in [1.29, 1.82) is 0 Å². The highest BCUT2D eigenvalue weighted by molar-refractivity contribution is 5.90. The molecule has 0 radical (unpaired) electrons. The van der Waals surface area contributed by atoms with Crippen molar-refractivity contribution in [2.75, 3.05) is 31.6 Å². The van der Waals surface area contributed by atoms with E-state index in [1.54, 1.807) is 6.92 Å². The molecule has 1 aliphatic rings. The van der Waals surface area contributed by atoms with Gasteiger partial charge in [0.2, 0.25) is 5.91 Å². The molecule has 1 unspecified atom stereocenters. The Morgan fingerprint density at radius 3 is 2.78 bits per heavy atom. The third kappa shape index (κ3) is 5.63. The van der Waals surface area contributed by atoms with Crippen molar-refractivity contribution < 1.29 is 18.7 Å². The standard InChI is InChI=1S/C17H23FN2O3/c1-2-23-17(22)13-4-3-10-20(12-13)11-9-16(21)19-15-7-5-14(18)6-8-15/h5-8,13H,2-4,9-12H2,1H3,(H,19,21). The summed E-state index contributed by atoms with van der Waals surface area (Å²) in [4.78, 5) is 25.8. The molecule has 2 rings (SSSR count). The minimum absolute atomic E-state index is 0.0936. The van der Waals surface area contributed by atoms with Crippen LogP contribution >= 0.6 is 0 Å². The van der Waals surface area contributed by atoms with Gasteiger partial charge in [-0.1, -0.05) is 0 Å². The molecule has 1 atom stereocenters. The van der Waals surface area contributed by atoms with E-state index in [4.69, 9.17) is 4.74 Å². The van der Waals surface area contributed by atoms with E-state index < -0.39 is 0 Å². The zero-order valence-electron chi connectivity index (χ0n) is 13.4. The monoisotopic (exact) mass is 322 g/mol. The first-order valence-corrected chi connectivity index (χ1v) is 8.03. The van der Waals surface area contributed by atoms with Crippen molar-refractivity contribution in [3.63, 3.8) is 0 Å². The number of carbonyl (C=O) groups excluding carboxylic acids is 2. The Morgan fingerprint density at radius 2 is 2.09 bits per heavy atom.